The van der Waals surface area contributed by atoms with Crippen molar-refractivity contribution >= 4 is 42.3 Å². The van der Waals surface area contributed by atoms with Crippen LogP contribution in [0.15, 0.2) is 164 Å². The van der Waals surface area contributed by atoms with Crippen LogP contribution in [0, 0.1) is 0 Å². The molecule has 0 aliphatic carbocycles. The Hall–Kier alpha value is -5.97. The molecule has 7 aromatic carbocycles. The number of nitrogens with zero attached hydrogens (tertiary/aromatic N) is 3. The molecule has 2 heterocycles. The summed E-state index contributed by atoms with van der Waals surface area (Å²) in [6.07, 6.45) is 0. The fraction of sp³-hybridized carbons (Fsp3) is 0. The molecule has 0 aliphatic heterocycles. The molecule has 4 heteroatoms. The van der Waals surface area contributed by atoms with E-state index in [0.717, 1.165) is 27.8 Å². The zero-order valence-electron chi connectivity index (χ0n) is 25.3. The summed E-state index contributed by atoms with van der Waals surface area (Å²) in [7, 11) is 0. The lowest BCUT2D eigenvalue weighted by atomic mass is 9.96. The average molecular weight is 618 g/mol. The van der Waals surface area contributed by atoms with E-state index in [1.165, 1.54) is 42.1 Å². The predicted molar refractivity (Wildman–Crippen MR) is 197 cm³/mol. The van der Waals surface area contributed by atoms with E-state index in [4.69, 9.17) is 15.0 Å². The molecule has 2 aromatic heterocycles. The van der Waals surface area contributed by atoms with Crippen molar-refractivity contribution in [1.29, 1.82) is 0 Å². The maximum atomic E-state index is 5.13. The van der Waals surface area contributed by atoms with Crippen molar-refractivity contribution in [3.63, 3.8) is 0 Å². The van der Waals surface area contributed by atoms with Crippen LogP contribution in [-0.2, 0) is 0 Å². The van der Waals surface area contributed by atoms with Gasteiger partial charge in [-0.2, -0.15) is 0 Å². The third-order valence-electron chi connectivity index (χ3n) is 8.71. The van der Waals surface area contributed by atoms with Gasteiger partial charge in [-0.05, 0) is 63.4 Å². The van der Waals surface area contributed by atoms with Crippen LogP contribution >= 0.6 is 11.3 Å². The Labute approximate surface area is 276 Å². The zero-order valence-corrected chi connectivity index (χ0v) is 26.2. The van der Waals surface area contributed by atoms with Crippen molar-refractivity contribution in [3.05, 3.63) is 164 Å². The lowest BCUT2D eigenvalue weighted by Gasteiger charge is -2.11. The van der Waals surface area contributed by atoms with Gasteiger partial charge in [0.05, 0.1) is 0 Å². The lowest BCUT2D eigenvalue weighted by Crippen LogP contribution is -2.00. The summed E-state index contributed by atoms with van der Waals surface area (Å²) in [6.45, 7) is 0. The Balaban J connectivity index is 1.17. The highest BCUT2D eigenvalue weighted by Crippen LogP contribution is 2.40. The molecule has 9 aromatic rings. The fourth-order valence-corrected chi connectivity index (χ4v) is 7.56. The van der Waals surface area contributed by atoms with Crippen molar-refractivity contribution < 1.29 is 0 Å². The van der Waals surface area contributed by atoms with Gasteiger partial charge in [-0.25, -0.2) is 15.0 Å². The van der Waals surface area contributed by atoms with Crippen LogP contribution in [0.1, 0.15) is 0 Å². The summed E-state index contributed by atoms with van der Waals surface area (Å²) in [6, 6.07) is 57.5. The van der Waals surface area contributed by atoms with Gasteiger partial charge in [0.25, 0.3) is 0 Å². The predicted octanol–water partition coefficient (Wildman–Crippen LogP) is 11.7. The third kappa shape index (κ3) is 5.05. The Morgan fingerprint density at radius 2 is 0.894 bits per heavy atom. The SMILES string of the molecule is c1ccc(-c2nc(-c3cccc(-c4cccc(-c5ccc6ccccc6c5)c4)c3)nc(-c3cccc4c3sc3ccccc34)n2)cc1. The minimum absolute atomic E-state index is 0.652. The second-order valence-electron chi connectivity index (χ2n) is 11.7. The molecule has 0 atom stereocenters. The number of fused-ring (bicyclic) bond motifs is 4. The number of hydrogen-bond acceptors (Lipinski definition) is 4. The van der Waals surface area contributed by atoms with E-state index < -0.39 is 0 Å². The minimum Gasteiger partial charge on any atom is -0.208 e. The normalized spacial score (nSPS) is 11.4. The quantitative estimate of drug-likeness (QED) is 0.193. The highest BCUT2D eigenvalue weighted by atomic mass is 32.1. The monoisotopic (exact) mass is 617 g/mol. The average Bonchev–Trinajstić information content (AvgIpc) is 3.54. The molecule has 220 valence electrons. The summed E-state index contributed by atoms with van der Waals surface area (Å²) < 4.78 is 2.44. The van der Waals surface area contributed by atoms with E-state index in [9.17, 15) is 0 Å². The maximum Gasteiger partial charge on any atom is 0.165 e. The van der Waals surface area contributed by atoms with Crippen LogP contribution in [0.4, 0.5) is 0 Å². The highest BCUT2D eigenvalue weighted by Gasteiger charge is 2.17. The summed E-state index contributed by atoms with van der Waals surface area (Å²) in [5.41, 5.74) is 7.56. The summed E-state index contributed by atoms with van der Waals surface area (Å²) in [5, 5.41) is 4.96. The molecule has 0 N–H and O–H groups in total. The van der Waals surface area contributed by atoms with Crippen LogP contribution in [0.2, 0.25) is 0 Å². The number of thiophene rings is 1. The molecule has 47 heavy (non-hydrogen) atoms. The molecule has 0 bridgehead atoms. The molecular weight excluding hydrogens is 591 g/mol. The van der Waals surface area contributed by atoms with Gasteiger partial charge in [0.1, 0.15) is 0 Å². The van der Waals surface area contributed by atoms with Crippen LogP contribution in [0.25, 0.3) is 87.4 Å². The Bertz CT molecular complexity index is 2590. The second-order valence-corrected chi connectivity index (χ2v) is 12.7. The summed E-state index contributed by atoms with van der Waals surface area (Å²) in [5.74, 6) is 1.99. The van der Waals surface area contributed by atoms with Crippen LogP contribution in [-0.4, -0.2) is 15.0 Å². The molecule has 0 saturated heterocycles. The number of benzene rings is 7. The molecular formula is C43H27N3S. The molecule has 0 aliphatic rings. The Kier molecular flexibility index (Phi) is 6.65. The molecule has 3 nitrogen and oxygen atoms in total. The van der Waals surface area contributed by atoms with Gasteiger partial charge in [-0.15, -0.1) is 11.3 Å². The molecule has 0 unspecified atom stereocenters. The van der Waals surface area contributed by atoms with Gasteiger partial charge in [0, 0.05) is 36.9 Å². The van der Waals surface area contributed by atoms with Crippen molar-refractivity contribution in [2.45, 2.75) is 0 Å². The number of hydrogen-bond donors (Lipinski definition) is 0. The van der Waals surface area contributed by atoms with Crippen molar-refractivity contribution in [1.82, 2.24) is 15.0 Å². The van der Waals surface area contributed by atoms with Gasteiger partial charge in [-0.1, -0.05) is 133 Å². The first-order chi connectivity index (χ1) is 23.3. The van der Waals surface area contributed by atoms with Gasteiger partial charge in [0.15, 0.2) is 17.5 Å². The second kappa shape index (κ2) is 11.4. The fourth-order valence-electron chi connectivity index (χ4n) is 6.35. The van der Waals surface area contributed by atoms with Crippen molar-refractivity contribution in [2.75, 3.05) is 0 Å². The Morgan fingerprint density at radius 3 is 1.70 bits per heavy atom. The van der Waals surface area contributed by atoms with E-state index in [1.54, 1.807) is 11.3 Å². The topological polar surface area (TPSA) is 38.7 Å². The van der Waals surface area contributed by atoms with Crippen LogP contribution in [0.3, 0.4) is 0 Å². The van der Waals surface area contributed by atoms with E-state index >= 15 is 0 Å². The van der Waals surface area contributed by atoms with Gasteiger partial charge >= 0.3 is 0 Å². The van der Waals surface area contributed by atoms with Gasteiger partial charge in [-0.3, -0.25) is 0 Å². The van der Waals surface area contributed by atoms with Crippen molar-refractivity contribution in [3.8, 4) is 56.4 Å². The van der Waals surface area contributed by atoms with E-state index in [2.05, 4.69) is 146 Å². The number of aromatic nitrogens is 3. The summed E-state index contributed by atoms with van der Waals surface area (Å²) >= 11 is 1.79. The first-order valence-corrected chi connectivity index (χ1v) is 16.5. The molecule has 0 radical (unpaired) electrons. The minimum atomic E-state index is 0.652. The van der Waals surface area contributed by atoms with Crippen LogP contribution in [0.5, 0.6) is 0 Å². The molecule has 0 spiro atoms. The lowest BCUT2D eigenvalue weighted by molar-refractivity contribution is 1.08. The number of rotatable bonds is 5. The smallest absolute Gasteiger partial charge is 0.165 e. The van der Waals surface area contributed by atoms with E-state index in [-0.39, 0.29) is 0 Å². The molecule has 0 amide bonds. The summed E-state index contributed by atoms with van der Waals surface area (Å²) in [4.78, 5) is 15.2. The van der Waals surface area contributed by atoms with Gasteiger partial charge < -0.3 is 0 Å². The standard InChI is InChI=1S/C43H27N3S/c1-2-12-29(13-3-1)41-44-42(46-43(45-41)38-21-10-20-37-36-19-6-7-22-39(36)47-40(37)38)35-18-9-17-33(27-35)31-15-8-16-32(26-31)34-24-23-28-11-4-5-14-30(28)25-34/h1-27H. The highest BCUT2D eigenvalue weighted by molar-refractivity contribution is 7.26. The van der Waals surface area contributed by atoms with Crippen LogP contribution < -0.4 is 0 Å². The first kappa shape index (κ1) is 27.3. The van der Waals surface area contributed by atoms with Gasteiger partial charge in [0.2, 0.25) is 0 Å². The third-order valence-corrected chi connectivity index (χ3v) is 9.93. The molecule has 0 fully saturated rings. The van der Waals surface area contributed by atoms with Crippen molar-refractivity contribution in [2.24, 2.45) is 0 Å². The maximum absolute atomic E-state index is 5.13. The van der Waals surface area contributed by atoms with E-state index in [0.29, 0.717) is 17.5 Å². The Morgan fingerprint density at radius 1 is 0.340 bits per heavy atom. The largest absolute Gasteiger partial charge is 0.208 e. The molecule has 9 rings (SSSR count). The zero-order chi connectivity index (χ0) is 31.2. The molecule has 0 saturated carbocycles. The first-order valence-electron chi connectivity index (χ1n) is 15.7. The van der Waals surface area contributed by atoms with E-state index in [1.807, 2.05) is 18.2 Å².